The van der Waals surface area contributed by atoms with E-state index in [2.05, 4.69) is 27.8 Å². The Morgan fingerprint density at radius 3 is 2.85 bits per heavy atom. The van der Waals surface area contributed by atoms with E-state index < -0.39 is 11.9 Å². The first-order chi connectivity index (χ1) is 13.0. The highest BCUT2D eigenvalue weighted by atomic mass is 32.2. The third kappa shape index (κ3) is 5.56. The normalized spacial score (nSPS) is 19.5. The Kier molecular flexibility index (Phi) is 6.49. The molecule has 8 heteroatoms. The molecule has 2 atom stereocenters. The maximum absolute atomic E-state index is 12.0. The molecule has 1 heterocycles. The lowest BCUT2D eigenvalue weighted by Crippen LogP contribution is -2.48. The SMILES string of the molecule is Cc1cccc(-c2nnc(SCC(=O)NC(=O)N[C@@H]3CCCC[C@@H]3C)o2)c1. The van der Waals surface area contributed by atoms with E-state index in [0.29, 0.717) is 17.0 Å². The minimum Gasteiger partial charge on any atom is -0.411 e. The van der Waals surface area contributed by atoms with E-state index >= 15 is 0 Å². The first kappa shape index (κ1) is 19.4. The number of imide groups is 1. The smallest absolute Gasteiger partial charge is 0.321 e. The summed E-state index contributed by atoms with van der Waals surface area (Å²) in [7, 11) is 0. The summed E-state index contributed by atoms with van der Waals surface area (Å²) >= 11 is 1.10. The lowest BCUT2D eigenvalue weighted by Gasteiger charge is -2.29. The highest BCUT2D eigenvalue weighted by Crippen LogP contribution is 2.24. The van der Waals surface area contributed by atoms with Gasteiger partial charge in [0.1, 0.15) is 0 Å². The van der Waals surface area contributed by atoms with Crippen LogP contribution in [0.1, 0.15) is 38.2 Å². The van der Waals surface area contributed by atoms with Crippen molar-refractivity contribution in [1.29, 1.82) is 0 Å². The Bertz CT molecular complexity index is 808. The summed E-state index contributed by atoms with van der Waals surface area (Å²) in [6.07, 6.45) is 4.38. The van der Waals surface area contributed by atoms with Crippen molar-refractivity contribution >= 4 is 23.7 Å². The molecule has 1 aliphatic carbocycles. The predicted molar refractivity (Wildman–Crippen MR) is 103 cm³/mol. The Hall–Kier alpha value is -2.35. The molecule has 2 N–H and O–H groups in total. The van der Waals surface area contributed by atoms with E-state index in [9.17, 15) is 9.59 Å². The molecule has 0 aliphatic heterocycles. The van der Waals surface area contributed by atoms with Crippen LogP contribution in [0, 0.1) is 12.8 Å². The highest BCUT2D eigenvalue weighted by molar-refractivity contribution is 7.99. The van der Waals surface area contributed by atoms with Gasteiger partial charge in [-0.3, -0.25) is 10.1 Å². The number of hydrogen-bond donors (Lipinski definition) is 2. The van der Waals surface area contributed by atoms with Gasteiger partial charge in [0.2, 0.25) is 11.8 Å². The van der Waals surface area contributed by atoms with Crippen molar-refractivity contribution in [2.45, 2.75) is 50.8 Å². The molecule has 0 bridgehead atoms. The third-order valence-corrected chi connectivity index (χ3v) is 5.50. The molecule has 1 aromatic heterocycles. The Morgan fingerprint density at radius 1 is 1.26 bits per heavy atom. The fourth-order valence-electron chi connectivity index (χ4n) is 3.19. The van der Waals surface area contributed by atoms with E-state index in [1.54, 1.807) is 0 Å². The second-order valence-corrected chi connectivity index (χ2v) is 7.85. The highest BCUT2D eigenvalue weighted by Gasteiger charge is 2.23. The number of nitrogens with one attached hydrogen (secondary N) is 2. The van der Waals surface area contributed by atoms with Gasteiger partial charge in [0.05, 0.1) is 5.75 Å². The predicted octanol–water partition coefficient (Wildman–Crippen LogP) is 3.54. The van der Waals surface area contributed by atoms with Gasteiger partial charge >= 0.3 is 6.03 Å². The van der Waals surface area contributed by atoms with Crippen LogP contribution in [-0.4, -0.2) is 33.9 Å². The largest absolute Gasteiger partial charge is 0.411 e. The molecule has 2 aromatic rings. The molecule has 1 aromatic carbocycles. The number of carbonyl (C=O) groups excluding carboxylic acids is 2. The minimum absolute atomic E-state index is 0.0308. The third-order valence-electron chi connectivity index (χ3n) is 4.68. The molecule has 1 fully saturated rings. The van der Waals surface area contributed by atoms with Crippen LogP contribution in [0.3, 0.4) is 0 Å². The summed E-state index contributed by atoms with van der Waals surface area (Å²) in [6.45, 7) is 4.11. The summed E-state index contributed by atoms with van der Waals surface area (Å²) in [4.78, 5) is 24.0. The molecule has 27 heavy (non-hydrogen) atoms. The number of aromatic nitrogens is 2. The van der Waals surface area contributed by atoms with Crippen LogP contribution in [-0.2, 0) is 4.79 Å². The molecule has 0 spiro atoms. The van der Waals surface area contributed by atoms with Crippen molar-refractivity contribution in [1.82, 2.24) is 20.8 Å². The summed E-state index contributed by atoms with van der Waals surface area (Å²) in [6, 6.07) is 7.43. The molecule has 1 saturated carbocycles. The van der Waals surface area contributed by atoms with Crippen LogP contribution >= 0.6 is 11.8 Å². The Balaban J connectivity index is 1.46. The number of carbonyl (C=O) groups is 2. The monoisotopic (exact) mass is 388 g/mol. The van der Waals surface area contributed by atoms with Gasteiger partial charge in [-0.15, -0.1) is 10.2 Å². The van der Waals surface area contributed by atoms with Crippen molar-refractivity contribution in [3.8, 4) is 11.5 Å². The molecule has 0 unspecified atom stereocenters. The molecule has 0 saturated heterocycles. The number of hydrogen-bond acceptors (Lipinski definition) is 6. The maximum Gasteiger partial charge on any atom is 0.321 e. The molecular weight excluding hydrogens is 364 g/mol. The average Bonchev–Trinajstić information content (AvgIpc) is 3.11. The van der Waals surface area contributed by atoms with Gasteiger partial charge in [-0.05, 0) is 37.8 Å². The van der Waals surface area contributed by atoms with Gasteiger partial charge in [0, 0.05) is 11.6 Å². The maximum atomic E-state index is 12.0. The van der Waals surface area contributed by atoms with Crippen molar-refractivity contribution in [2.75, 3.05) is 5.75 Å². The summed E-state index contributed by atoms with van der Waals surface area (Å²) in [5, 5.41) is 13.5. The fourth-order valence-corrected chi connectivity index (χ4v) is 3.75. The van der Waals surface area contributed by atoms with Gasteiger partial charge in [-0.2, -0.15) is 0 Å². The zero-order valence-corrected chi connectivity index (χ0v) is 16.3. The summed E-state index contributed by atoms with van der Waals surface area (Å²) in [5.41, 5.74) is 1.93. The Morgan fingerprint density at radius 2 is 2.07 bits per heavy atom. The topological polar surface area (TPSA) is 97.1 Å². The lowest BCUT2D eigenvalue weighted by atomic mass is 9.86. The average molecular weight is 388 g/mol. The van der Waals surface area contributed by atoms with E-state index in [4.69, 9.17) is 4.42 Å². The molecular formula is C19H24N4O3S. The second-order valence-electron chi connectivity index (χ2n) is 6.92. The second kappa shape index (κ2) is 9.03. The van der Waals surface area contributed by atoms with Crippen LogP contribution in [0.2, 0.25) is 0 Å². The molecule has 144 valence electrons. The van der Waals surface area contributed by atoms with Crippen LogP contribution in [0.4, 0.5) is 4.79 Å². The molecule has 3 rings (SSSR count). The van der Waals surface area contributed by atoms with Gasteiger partial charge in [0.25, 0.3) is 5.22 Å². The van der Waals surface area contributed by atoms with E-state index in [0.717, 1.165) is 42.2 Å². The first-order valence-electron chi connectivity index (χ1n) is 9.15. The van der Waals surface area contributed by atoms with Crippen molar-refractivity contribution in [3.63, 3.8) is 0 Å². The lowest BCUT2D eigenvalue weighted by molar-refractivity contribution is -0.117. The van der Waals surface area contributed by atoms with Gasteiger partial charge in [-0.25, -0.2) is 4.79 Å². The number of rotatable bonds is 5. The number of thioether (sulfide) groups is 1. The molecule has 0 radical (unpaired) electrons. The van der Waals surface area contributed by atoms with Gasteiger partial charge in [0.15, 0.2) is 0 Å². The number of aryl methyl sites for hydroxylation is 1. The van der Waals surface area contributed by atoms with Crippen molar-refractivity contribution in [3.05, 3.63) is 29.8 Å². The summed E-state index contributed by atoms with van der Waals surface area (Å²) < 4.78 is 5.58. The standard InChI is InChI=1S/C19H24N4O3S/c1-12-6-5-8-14(10-12)17-22-23-19(26-17)27-11-16(24)21-18(25)20-15-9-4-3-7-13(15)2/h5-6,8,10,13,15H,3-4,7,9,11H2,1-2H3,(H2,20,21,24,25)/t13-,15+/m0/s1. The van der Waals surface area contributed by atoms with Crippen LogP contribution in [0.25, 0.3) is 11.5 Å². The van der Waals surface area contributed by atoms with Crippen LogP contribution in [0.5, 0.6) is 0 Å². The van der Waals surface area contributed by atoms with Gasteiger partial charge in [-0.1, -0.05) is 49.2 Å². The van der Waals surface area contributed by atoms with E-state index in [-0.39, 0.29) is 11.8 Å². The fraction of sp³-hybridized carbons (Fsp3) is 0.474. The summed E-state index contributed by atoms with van der Waals surface area (Å²) in [5.74, 6) is 0.484. The van der Waals surface area contributed by atoms with E-state index in [1.165, 1.54) is 6.42 Å². The number of benzene rings is 1. The van der Waals surface area contributed by atoms with Crippen molar-refractivity contribution in [2.24, 2.45) is 5.92 Å². The van der Waals surface area contributed by atoms with Crippen LogP contribution in [0.15, 0.2) is 33.9 Å². The van der Waals surface area contributed by atoms with Crippen LogP contribution < -0.4 is 10.6 Å². The molecule has 3 amide bonds. The molecule has 7 nitrogen and oxygen atoms in total. The number of amides is 3. The minimum atomic E-state index is -0.440. The quantitative estimate of drug-likeness (QED) is 0.761. The first-order valence-corrected chi connectivity index (χ1v) is 10.1. The number of urea groups is 1. The number of nitrogens with zero attached hydrogens (tertiary/aromatic N) is 2. The zero-order valence-electron chi connectivity index (χ0n) is 15.5. The Labute approximate surface area is 162 Å². The zero-order chi connectivity index (χ0) is 19.2. The molecule has 1 aliphatic rings. The van der Waals surface area contributed by atoms with Crippen molar-refractivity contribution < 1.29 is 14.0 Å². The van der Waals surface area contributed by atoms with E-state index in [1.807, 2.05) is 31.2 Å². The van der Waals surface area contributed by atoms with Gasteiger partial charge < -0.3 is 9.73 Å².